The van der Waals surface area contributed by atoms with Crippen LogP contribution in [0.2, 0.25) is 5.02 Å². The number of sulfonamides is 1. The molecule has 0 spiro atoms. The molecule has 0 saturated carbocycles. The SMILES string of the molecule is CCc1ccccc1Nc1ccc(NS(=O)(=O)c2ccc(Cl)cc2)nc1. The van der Waals surface area contributed by atoms with Gasteiger partial charge in [-0.05, 0) is 54.4 Å². The Balaban J connectivity index is 1.74. The monoisotopic (exact) mass is 387 g/mol. The highest BCUT2D eigenvalue weighted by atomic mass is 35.5. The minimum atomic E-state index is -3.70. The lowest BCUT2D eigenvalue weighted by atomic mass is 10.1. The summed E-state index contributed by atoms with van der Waals surface area (Å²) >= 11 is 5.79. The Morgan fingerprint density at radius 1 is 1.00 bits per heavy atom. The van der Waals surface area contributed by atoms with Crippen molar-refractivity contribution in [2.75, 3.05) is 10.0 Å². The number of anilines is 3. The first-order chi connectivity index (χ1) is 12.5. The van der Waals surface area contributed by atoms with Crippen molar-refractivity contribution >= 4 is 38.8 Å². The minimum Gasteiger partial charge on any atom is -0.354 e. The normalized spacial score (nSPS) is 11.2. The second-order valence-electron chi connectivity index (χ2n) is 5.63. The van der Waals surface area contributed by atoms with Gasteiger partial charge in [-0.15, -0.1) is 0 Å². The summed E-state index contributed by atoms with van der Waals surface area (Å²) in [5.74, 6) is 0.245. The number of nitrogens with zero attached hydrogens (tertiary/aromatic N) is 1. The minimum absolute atomic E-state index is 0.128. The van der Waals surface area contributed by atoms with Gasteiger partial charge in [0.05, 0.1) is 16.8 Å². The van der Waals surface area contributed by atoms with Gasteiger partial charge >= 0.3 is 0 Å². The van der Waals surface area contributed by atoms with E-state index in [2.05, 4.69) is 28.0 Å². The van der Waals surface area contributed by atoms with Crippen molar-refractivity contribution in [1.29, 1.82) is 0 Å². The molecule has 1 heterocycles. The Labute approximate surface area is 158 Å². The van der Waals surface area contributed by atoms with E-state index in [1.807, 2.05) is 18.2 Å². The summed E-state index contributed by atoms with van der Waals surface area (Å²) in [5, 5.41) is 3.77. The van der Waals surface area contributed by atoms with E-state index in [9.17, 15) is 8.42 Å². The molecule has 5 nitrogen and oxygen atoms in total. The van der Waals surface area contributed by atoms with Crippen molar-refractivity contribution in [2.45, 2.75) is 18.2 Å². The van der Waals surface area contributed by atoms with Crippen LogP contribution in [0.1, 0.15) is 12.5 Å². The first kappa shape index (κ1) is 18.2. The van der Waals surface area contributed by atoms with Gasteiger partial charge < -0.3 is 5.32 Å². The molecule has 0 aliphatic carbocycles. The van der Waals surface area contributed by atoms with Gasteiger partial charge in [0.1, 0.15) is 5.82 Å². The van der Waals surface area contributed by atoms with E-state index in [0.717, 1.165) is 17.8 Å². The number of halogens is 1. The van der Waals surface area contributed by atoms with Gasteiger partial charge in [-0.1, -0.05) is 36.7 Å². The Morgan fingerprint density at radius 3 is 2.38 bits per heavy atom. The molecular formula is C19H18ClN3O2S. The van der Waals surface area contributed by atoms with Crippen LogP contribution in [0.25, 0.3) is 0 Å². The number of benzene rings is 2. The zero-order valence-corrected chi connectivity index (χ0v) is 15.7. The van der Waals surface area contributed by atoms with Gasteiger partial charge in [0, 0.05) is 10.7 Å². The Hall–Kier alpha value is -2.57. The van der Waals surface area contributed by atoms with Gasteiger partial charge in [-0.3, -0.25) is 4.72 Å². The maximum absolute atomic E-state index is 12.4. The zero-order valence-electron chi connectivity index (χ0n) is 14.1. The Bertz CT molecular complexity index is 988. The van der Waals surface area contributed by atoms with Gasteiger partial charge in [0.15, 0.2) is 0 Å². The van der Waals surface area contributed by atoms with Crippen LogP contribution in [0, 0.1) is 0 Å². The summed E-state index contributed by atoms with van der Waals surface area (Å²) in [7, 11) is -3.70. The highest BCUT2D eigenvalue weighted by molar-refractivity contribution is 7.92. The second kappa shape index (κ2) is 7.76. The lowest BCUT2D eigenvalue weighted by Gasteiger charge is -2.11. The lowest BCUT2D eigenvalue weighted by molar-refractivity contribution is 0.601. The largest absolute Gasteiger partial charge is 0.354 e. The van der Waals surface area contributed by atoms with E-state index in [-0.39, 0.29) is 10.7 Å². The summed E-state index contributed by atoms with van der Waals surface area (Å²) in [6.07, 6.45) is 2.50. The van der Waals surface area contributed by atoms with Crippen molar-refractivity contribution in [3.05, 3.63) is 77.4 Å². The van der Waals surface area contributed by atoms with E-state index in [1.165, 1.54) is 29.8 Å². The number of para-hydroxylation sites is 1. The molecule has 0 bridgehead atoms. The fourth-order valence-electron chi connectivity index (χ4n) is 2.44. The summed E-state index contributed by atoms with van der Waals surface area (Å²) in [4.78, 5) is 4.31. The molecule has 0 unspecified atom stereocenters. The number of rotatable bonds is 6. The Morgan fingerprint density at radius 2 is 1.73 bits per heavy atom. The first-order valence-electron chi connectivity index (χ1n) is 8.07. The summed E-state index contributed by atoms with van der Waals surface area (Å²) in [5.41, 5.74) is 2.98. The molecule has 3 aromatic rings. The van der Waals surface area contributed by atoms with E-state index in [0.29, 0.717) is 5.02 Å². The van der Waals surface area contributed by atoms with Gasteiger partial charge in [0.25, 0.3) is 10.0 Å². The molecule has 2 aromatic carbocycles. The smallest absolute Gasteiger partial charge is 0.263 e. The Kier molecular flexibility index (Phi) is 5.44. The van der Waals surface area contributed by atoms with E-state index in [4.69, 9.17) is 11.6 Å². The number of hydrogen-bond donors (Lipinski definition) is 2. The molecule has 26 heavy (non-hydrogen) atoms. The third-order valence-corrected chi connectivity index (χ3v) is 5.43. The van der Waals surface area contributed by atoms with Gasteiger partial charge in [-0.25, -0.2) is 13.4 Å². The number of hydrogen-bond acceptors (Lipinski definition) is 4. The molecule has 7 heteroatoms. The third-order valence-electron chi connectivity index (χ3n) is 3.80. The molecule has 0 aliphatic rings. The molecule has 0 amide bonds. The second-order valence-corrected chi connectivity index (χ2v) is 7.75. The first-order valence-corrected chi connectivity index (χ1v) is 9.93. The summed E-state index contributed by atoms with van der Waals surface area (Å²) < 4.78 is 27.2. The van der Waals surface area contributed by atoms with E-state index in [1.54, 1.807) is 18.3 Å². The average molecular weight is 388 g/mol. The molecule has 0 saturated heterocycles. The van der Waals surface area contributed by atoms with Crippen LogP contribution >= 0.6 is 11.6 Å². The fourth-order valence-corrected chi connectivity index (χ4v) is 3.58. The highest BCUT2D eigenvalue weighted by Gasteiger charge is 2.14. The molecule has 3 rings (SSSR count). The quantitative estimate of drug-likeness (QED) is 0.634. The number of aromatic nitrogens is 1. The van der Waals surface area contributed by atoms with Crippen molar-refractivity contribution in [3.8, 4) is 0 Å². The fraction of sp³-hybridized carbons (Fsp3) is 0.105. The molecule has 0 aliphatic heterocycles. The molecule has 0 atom stereocenters. The van der Waals surface area contributed by atoms with Crippen LogP contribution in [-0.2, 0) is 16.4 Å². The number of nitrogens with one attached hydrogen (secondary N) is 2. The molecule has 2 N–H and O–H groups in total. The third kappa shape index (κ3) is 4.33. The van der Waals surface area contributed by atoms with Crippen molar-refractivity contribution in [2.24, 2.45) is 0 Å². The molecule has 134 valence electrons. The predicted molar refractivity (Wildman–Crippen MR) is 106 cm³/mol. The van der Waals surface area contributed by atoms with Gasteiger partial charge in [0.2, 0.25) is 0 Å². The van der Waals surface area contributed by atoms with Crippen LogP contribution in [-0.4, -0.2) is 13.4 Å². The van der Waals surface area contributed by atoms with Crippen LogP contribution in [0.4, 0.5) is 17.2 Å². The van der Waals surface area contributed by atoms with Gasteiger partial charge in [-0.2, -0.15) is 0 Å². The van der Waals surface area contributed by atoms with Crippen LogP contribution in [0.3, 0.4) is 0 Å². The molecule has 0 radical (unpaired) electrons. The van der Waals surface area contributed by atoms with Crippen molar-refractivity contribution in [1.82, 2.24) is 4.98 Å². The van der Waals surface area contributed by atoms with Crippen LogP contribution in [0.15, 0.2) is 71.8 Å². The van der Waals surface area contributed by atoms with E-state index >= 15 is 0 Å². The predicted octanol–water partition coefficient (Wildman–Crippen LogP) is 4.84. The van der Waals surface area contributed by atoms with Crippen LogP contribution in [0.5, 0.6) is 0 Å². The van der Waals surface area contributed by atoms with Crippen molar-refractivity contribution < 1.29 is 8.42 Å². The van der Waals surface area contributed by atoms with E-state index < -0.39 is 10.0 Å². The summed E-state index contributed by atoms with van der Waals surface area (Å²) in [6.45, 7) is 2.09. The summed E-state index contributed by atoms with van der Waals surface area (Å²) in [6, 6.07) is 17.4. The zero-order chi connectivity index (χ0) is 18.6. The molecular weight excluding hydrogens is 370 g/mol. The molecule has 1 aromatic heterocycles. The maximum Gasteiger partial charge on any atom is 0.263 e. The van der Waals surface area contributed by atoms with Crippen LogP contribution < -0.4 is 10.0 Å². The lowest BCUT2D eigenvalue weighted by Crippen LogP contribution is -2.13. The van der Waals surface area contributed by atoms with Crippen molar-refractivity contribution in [3.63, 3.8) is 0 Å². The maximum atomic E-state index is 12.4. The average Bonchev–Trinajstić information content (AvgIpc) is 2.64. The highest BCUT2D eigenvalue weighted by Crippen LogP contribution is 2.22. The standard InChI is InChI=1S/C19H18ClN3O2S/c1-2-14-5-3-4-6-18(14)22-16-9-12-19(21-13-16)23-26(24,25)17-10-7-15(20)8-11-17/h3-13,22H,2H2,1H3,(H,21,23). The molecule has 0 fully saturated rings. The topological polar surface area (TPSA) is 71.1 Å². The number of pyridine rings is 1. The number of aryl methyl sites for hydroxylation is 1.